The van der Waals surface area contributed by atoms with Crippen molar-refractivity contribution >= 4 is 22.6 Å². The Morgan fingerprint density at radius 1 is 1.33 bits per heavy atom. The van der Waals surface area contributed by atoms with Crippen LogP contribution in [0.15, 0.2) is 17.1 Å². The summed E-state index contributed by atoms with van der Waals surface area (Å²) in [5.74, 6) is 0.486. The summed E-state index contributed by atoms with van der Waals surface area (Å²) in [6.07, 6.45) is 0.584. The summed E-state index contributed by atoms with van der Waals surface area (Å²) in [4.78, 5) is 16.4. The van der Waals surface area contributed by atoms with Crippen molar-refractivity contribution in [3.05, 3.63) is 27.9 Å². The zero-order valence-electron chi connectivity index (χ0n) is 11.4. The van der Waals surface area contributed by atoms with Crippen LogP contribution < -0.4 is 5.69 Å². The number of halogens is 1. The van der Waals surface area contributed by atoms with E-state index in [9.17, 15) is 20.1 Å². The molecule has 0 bridgehead atoms. The first-order chi connectivity index (χ1) is 9.79. The van der Waals surface area contributed by atoms with Crippen molar-refractivity contribution in [3.63, 3.8) is 0 Å². The molecule has 114 valence electrons. The van der Waals surface area contributed by atoms with Gasteiger partial charge < -0.3 is 15.3 Å². The number of fused-ring (bicyclic) bond motifs is 1. The van der Waals surface area contributed by atoms with E-state index in [2.05, 4.69) is 11.9 Å². The van der Waals surface area contributed by atoms with Crippen LogP contribution in [0.3, 0.4) is 0 Å². The molecular weight excluding hydrogens is 298 g/mol. The number of imidazole rings is 1. The van der Waals surface area contributed by atoms with Gasteiger partial charge >= 0.3 is 11.8 Å². The molecule has 1 aliphatic carbocycles. The van der Waals surface area contributed by atoms with Crippen LogP contribution in [0.1, 0.15) is 32.2 Å². The number of hydrogen-bond donors (Lipinski definition) is 3. The van der Waals surface area contributed by atoms with Gasteiger partial charge in [0.1, 0.15) is 5.15 Å². The molecule has 0 saturated heterocycles. The lowest BCUT2D eigenvalue weighted by Gasteiger charge is -2.15. The molecule has 0 amide bonds. The molecule has 7 nitrogen and oxygen atoms in total. The van der Waals surface area contributed by atoms with Gasteiger partial charge in [-0.05, 0) is 25.2 Å². The number of pyridine rings is 1. The maximum atomic E-state index is 12.5. The van der Waals surface area contributed by atoms with Crippen molar-refractivity contribution in [1.82, 2.24) is 14.1 Å². The number of aromatic nitrogens is 3. The maximum Gasteiger partial charge on any atom is 0.377 e. The molecule has 1 fully saturated rings. The Hall–Kier alpha value is -1.41. The summed E-state index contributed by atoms with van der Waals surface area (Å²) >= 11 is 5.88. The van der Waals surface area contributed by atoms with Crippen LogP contribution in [-0.2, 0) is 6.10 Å². The minimum atomic E-state index is -3.28. The third kappa shape index (κ3) is 2.36. The molecular formula is C13H16ClN3O4. The normalized spacial score (nSPS) is 23.1. The molecule has 0 aliphatic heterocycles. The standard InChI is InChI=1S/C13H16ClN3O4/c1-7-2-3-8(4-7)16-9-5-11(14)15-6-10(9)17(12(16)18)13(19,20)21/h5-8,19-21H,2-4H2,1H3. The smallest absolute Gasteiger partial charge is 0.325 e. The highest BCUT2D eigenvalue weighted by molar-refractivity contribution is 6.29. The lowest BCUT2D eigenvalue weighted by molar-refractivity contribution is -0.374. The van der Waals surface area contributed by atoms with Crippen molar-refractivity contribution < 1.29 is 15.3 Å². The SMILES string of the molecule is CC1CCC(n2c(=O)n(C(O)(O)O)c3cnc(Cl)cc32)C1. The molecule has 8 heteroatoms. The maximum absolute atomic E-state index is 12.5. The van der Waals surface area contributed by atoms with Crippen LogP contribution in [0.4, 0.5) is 0 Å². The molecule has 1 saturated carbocycles. The fourth-order valence-electron chi connectivity index (χ4n) is 3.15. The quantitative estimate of drug-likeness (QED) is 0.561. The van der Waals surface area contributed by atoms with E-state index in [1.807, 2.05) is 0 Å². The number of aliphatic hydroxyl groups is 3. The van der Waals surface area contributed by atoms with Gasteiger partial charge in [0.05, 0.1) is 17.2 Å². The number of rotatable bonds is 2. The van der Waals surface area contributed by atoms with Crippen molar-refractivity contribution in [2.24, 2.45) is 5.92 Å². The third-order valence-electron chi connectivity index (χ3n) is 4.06. The molecule has 2 aromatic rings. The fourth-order valence-corrected chi connectivity index (χ4v) is 3.30. The van der Waals surface area contributed by atoms with E-state index in [-0.39, 0.29) is 16.7 Å². The lowest BCUT2D eigenvalue weighted by Crippen LogP contribution is -2.41. The summed E-state index contributed by atoms with van der Waals surface area (Å²) in [6, 6.07) is 1.43. The van der Waals surface area contributed by atoms with Gasteiger partial charge in [-0.1, -0.05) is 18.5 Å². The van der Waals surface area contributed by atoms with Gasteiger partial charge in [-0.3, -0.25) is 4.57 Å². The zero-order valence-corrected chi connectivity index (χ0v) is 12.2. The zero-order chi connectivity index (χ0) is 15.4. The molecule has 3 rings (SSSR count). The minimum absolute atomic E-state index is 0.0583. The van der Waals surface area contributed by atoms with E-state index in [4.69, 9.17) is 11.6 Å². The van der Waals surface area contributed by atoms with Gasteiger partial charge in [0.25, 0.3) is 0 Å². The summed E-state index contributed by atoms with van der Waals surface area (Å²) < 4.78 is 1.97. The average molecular weight is 314 g/mol. The Kier molecular flexibility index (Phi) is 3.32. The molecule has 2 aromatic heterocycles. The van der Waals surface area contributed by atoms with Gasteiger partial charge in [0.2, 0.25) is 0 Å². The van der Waals surface area contributed by atoms with Crippen LogP contribution in [0.2, 0.25) is 5.15 Å². The second kappa shape index (κ2) is 4.81. The predicted molar refractivity (Wildman–Crippen MR) is 75.7 cm³/mol. The average Bonchev–Trinajstić information content (AvgIpc) is 2.88. The number of nitrogens with zero attached hydrogens (tertiary/aromatic N) is 3. The van der Waals surface area contributed by atoms with Crippen molar-refractivity contribution in [3.8, 4) is 0 Å². The molecule has 1 aliphatic rings. The van der Waals surface area contributed by atoms with Crippen LogP contribution in [0.5, 0.6) is 0 Å². The largest absolute Gasteiger partial charge is 0.377 e. The predicted octanol–water partition coefficient (Wildman–Crippen LogP) is 0.757. The molecule has 2 unspecified atom stereocenters. The van der Waals surface area contributed by atoms with Crippen LogP contribution in [0.25, 0.3) is 11.0 Å². The van der Waals surface area contributed by atoms with Crippen LogP contribution >= 0.6 is 11.6 Å². The van der Waals surface area contributed by atoms with Crippen molar-refractivity contribution in [2.45, 2.75) is 38.3 Å². The van der Waals surface area contributed by atoms with Gasteiger partial charge in [-0.2, -0.15) is 0 Å². The molecule has 0 radical (unpaired) electrons. The highest BCUT2D eigenvalue weighted by atomic mass is 35.5. The highest BCUT2D eigenvalue weighted by Gasteiger charge is 2.33. The monoisotopic (exact) mass is 313 g/mol. The van der Waals surface area contributed by atoms with E-state index < -0.39 is 11.8 Å². The van der Waals surface area contributed by atoms with Gasteiger partial charge in [0, 0.05) is 12.1 Å². The first-order valence-electron chi connectivity index (χ1n) is 6.75. The van der Waals surface area contributed by atoms with Crippen molar-refractivity contribution in [1.29, 1.82) is 0 Å². The molecule has 0 spiro atoms. The Bertz CT molecular complexity index is 746. The highest BCUT2D eigenvalue weighted by Crippen LogP contribution is 2.35. The van der Waals surface area contributed by atoms with E-state index >= 15 is 0 Å². The van der Waals surface area contributed by atoms with E-state index in [0.29, 0.717) is 16.0 Å². The Morgan fingerprint density at radius 3 is 2.62 bits per heavy atom. The second-order valence-electron chi connectivity index (χ2n) is 5.66. The number of hydrogen-bond acceptors (Lipinski definition) is 5. The van der Waals surface area contributed by atoms with Gasteiger partial charge in [-0.15, -0.1) is 0 Å². The fraction of sp³-hybridized carbons (Fsp3) is 0.538. The lowest BCUT2D eigenvalue weighted by atomic mass is 10.1. The van der Waals surface area contributed by atoms with Gasteiger partial charge in [0.15, 0.2) is 0 Å². The molecule has 3 N–H and O–H groups in total. The van der Waals surface area contributed by atoms with Crippen LogP contribution in [0, 0.1) is 5.92 Å². The molecule has 2 heterocycles. The Labute approximate surface area is 125 Å². The third-order valence-corrected chi connectivity index (χ3v) is 4.27. The summed E-state index contributed by atoms with van der Waals surface area (Å²) in [7, 11) is 0. The van der Waals surface area contributed by atoms with Crippen LogP contribution in [-0.4, -0.2) is 29.4 Å². The van der Waals surface area contributed by atoms with E-state index in [1.165, 1.54) is 16.8 Å². The summed E-state index contributed by atoms with van der Waals surface area (Å²) in [5.41, 5.74) is -0.141. The topological polar surface area (TPSA) is 101 Å². The molecule has 21 heavy (non-hydrogen) atoms. The Balaban J connectivity index is 2.31. The first-order valence-corrected chi connectivity index (χ1v) is 7.13. The summed E-state index contributed by atoms with van der Waals surface area (Å²) in [6.45, 7) is 2.10. The van der Waals surface area contributed by atoms with Gasteiger partial charge in [-0.25, -0.2) is 14.3 Å². The summed E-state index contributed by atoms with van der Waals surface area (Å²) in [5, 5.41) is 28.5. The van der Waals surface area contributed by atoms with E-state index in [1.54, 1.807) is 0 Å². The Morgan fingerprint density at radius 2 is 2.05 bits per heavy atom. The molecule has 0 aromatic carbocycles. The van der Waals surface area contributed by atoms with Crippen molar-refractivity contribution in [2.75, 3.05) is 0 Å². The molecule has 2 atom stereocenters. The van der Waals surface area contributed by atoms with E-state index in [0.717, 1.165) is 19.3 Å². The first kappa shape index (κ1) is 14.5. The minimum Gasteiger partial charge on any atom is -0.325 e. The second-order valence-corrected chi connectivity index (χ2v) is 6.04.